The average Bonchev–Trinajstić information content (AvgIpc) is 2.52. The molecule has 0 saturated carbocycles. The van der Waals surface area contributed by atoms with Gasteiger partial charge in [0.1, 0.15) is 12.1 Å². The lowest BCUT2D eigenvalue weighted by Gasteiger charge is -2.35. The zero-order valence-electron chi connectivity index (χ0n) is 13.8. The summed E-state index contributed by atoms with van der Waals surface area (Å²) in [5.41, 5.74) is 2.24. The Kier molecular flexibility index (Phi) is 4.57. The van der Waals surface area contributed by atoms with Crippen LogP contribution in [0.1, 0.15) is 32.3 Å². The van der Waals surface area contributed by atoms with Crippen LogP contribution in [0.2, 0.25) is 0 Å². The molecule has 1 aliphatic rings. The smallest absolute Gasteiger partial charge is 0.137 e. The molecule has 0 spiro atoms. The van der Waals surface area contributed by atoms with E-state index in [2.05, 4.69) is 59.2 Å². The van der Waals surface area contributed by atoms with Gasteiger partial charge in [-0.25, -0.2) is 9.97 Å². The fourth-order valence-electron chi connectivity index (χ4n) is 3.31. The number of nitrogens with one attached hydrogen (secondary N) is 1. The maximum Gasteiger partial charge on any atom is 0.137 e. The molecule has 1 aliphatic heterocycles. The van der Waals surface area contributed by atoms with E-state index in [9.17, 15) is 0 Å². The molecular weight excluding hydrogens is 272 g/mol. The van der Waals surface area contributed by atoms with Crippen molar-refractivity contribution in [1.82, 2.24) is 14.9 Å². The number of likely N-dealkylation sites (tertiary alicyclic amines) is 1. The summed E-state index contributed by atoms with van der Waals surface area (Å²) in [6.45, 7) is 10.1. The molecule has 118 valence electrons. The molecule has 1 fully saturated rings. The molecule has 2 heterocycles. The summed E-state index contributed by atoms with van der Waals surface area (Å²) in [4.78, 5) is 11.4. The Morgan fingerprint density at radius 1 is 1.36 bits per heavy atom. The molecule has 0 amide bonds. The largest absolute Gasteiger partial charge is 0.368 e. The van der Waals surface area contributed by atoms with E-state index in [1.807, 2.05) is 0 Å². The van der Waals surface area contributed by atoms with Gasteiger partial charge in [0.2, 0.25) is 0 Å². The van der Waals surface area contributed by atoms with Crippen LogP contribution < -0.4 is 5.32 Å². The summed E-state index contributed by atoms with van der Waals surface area (Å²) in [6.07, 6.45) is 4.33. The van der Waals surface area contributed by atoms with Crippen LogP contribution in [0.25, 0.3) is 10.9 Å². The summed E-state index contributed by atoms with van der Waals surface area (Å²) in [5.74, 6) is 1.77. The van der Waals surface area contributed by atoms with Crippen LogP contribution in [0.3, 0.4) is 0 Å². The van der Waals surface area contributed by atoms with Crippen LogP contribution in [0.5, 0.6) is 0 Å². The minimum absolute atomic E-state index is 0.526. The Bertz CT molecular complexity index is 640. The molecule has 2 atom stereocenters. The number of nitrogens with zero attached hydrogens (tertiary/aromatic N) is 3. The van der Waals surface area contributed by atoms with Crippen molar-refractivity contribution >= 4 is 16.7 Å². The Balaban J connectivity index is 1.69. The first-order chi connectivity index (χ1) is 10.6. The van der Waals surface area contributed by atoms with Gasteiger partial charge in [0.15, 0.2) is 0 Å². The highest BCUT2D eigenvalue weighted by Gasteiger charge is 2.20. The topological polar surface area (TPSA) is 41.1 Å². The van der Waals surface area contributed by atoms with Crippen molar-refractivity contribution in [2.75, 3.05) is 25.0 Å². The second-order valence-electron chi connectivity index (χ2n) is 6.72. The number of aryl methyl sites for hydroxylation is 1. The summed E-state index contributed by atoms with van der Waals surface area (Å²) in [6, 6.07) is 6.84. The Labute approximate surface area is 133 Å². The van der Waals surface area contributed by atoms with E-state index in [0.29, 0.717) is 6.04 Å². The maximum absolute atomic E-state index is 4.44. The molecule has 0 radical (unpaired) electrons. The molecule has 0 aliphatic carbocycles. The van der Waals surface area contributed by atoms with Crippen molar-refractivity contribution in [1.29, 1.82) is 0 Å². The Morgan fingerprint density at radius 2 is 2.23 bits per heavy atom. The zero-order valence-corrected chi connectivity index (χ0v) is 13.8. The lowest BCUT2D eigenvalue weighted by Crippen LogP contribution is -2.43. The lowest BCUT2D eigenvalue weighted by atomic mass is 9.99. The summed E-state index contributed by atoms with van der Waals surface area (Å²) in [7, 11) is 0. The number of anilines is 1. The third-order valence-corrected chi connectivity index (χ3v) is 4.67. The van der Waals surface area contributed by atoms with Gasteiger partial charge in [-0.05, 0) is 51.3 Å². The third-order valence-electron chi connectivity index (χ3n) is 4.67. The number of hydrogen-bond acceptors (Lipinski definition) is 4. The van der Waals surface area contributed by atoms with Gasteiger partial charge in [-0.1, -0.05) is 18.6 Å². The molecule has 1 aromatic carbocycles. The highest BCUT2D eigenvalue weighted by Crippen LogP contribution is 2.21. The lowest BCUT2D eigenvalue weighted by molar-refractivity contribution is 0.144. The molecule has 2 unspecified atom stereocenters. The molecule has 1 aromatic heterocycles. The molecule has 1 saturated heterocycles. The van der Waals surface area contributed by atoms with Crippen LogP contribution in [-0.2, 0) is 0 Å². The highest BCUT2D eigenvalue weighted by atomic mass is 15.2. The molecule has 3 rings (SSSR count). The first-order valence-electron chi connectivity index (χ1n) is 8.33. The fraction of sp³-hybridized carbons (Fsp3) is 0.556. The molecular formula is C18H26N4. The molecule has 0 bridgehead atoms. The van der Waals surface area contributed by atoms with E-state index in [1.165, 1.54) is 31.5 Å². The van der Waals surface area contributed by atoms with E-state index in [1.54, 1.807) is 6.33 Å². The van der Waals surface area contributed by atoms with Gasteiger partial charge in [0.05, 0.1) is 5.52 Å². The Hall–Kier alpha value is -1.68. The summed E-state index contributed by atoms with van der Waals surface area (Å²) in [5, 5.41) is 4.65. The number of aromatic nitrogens is 2. The predicted octanol–water partition coefficient (Wildman–Crippen LogP) is 3.47. The van der Waals surface area contributed by atoms with Crippen molar-refractivity contribution in [3.8, 4) is 0 Å². The molecule has 1 N–H and O–H groups in total. The number of hydrogen-bond donors (Lipinski definition) is 1. The van der Waals surface area contributed by atoms with Crippen molar-refractivity contribution in [2.24, 2.45) is 5.92 Å². The van der Waals surface area contributed by atoms with Gasteiger partial charge in [-0.15, -0.1) is 0 Å². The second kappa shape index (κ2) is 6.61. The van der Waals surface area contributed by atoms with Crippen molar-refractivity contribution in [3.05, 3.63) is 30.1 Å². The van der Waals surface area contributed by atoms with Crippen LogP contribution in [0.4, 0.5) is 5.82 Å². The molecule has 22 heavy (non-hydrogen) atoms. The van der Waals surface area contributed by atoms with Gasteiger partial charge < -0.3 is 5.32 Å². The first kappa shape index (κ1) is 15.2. The number of rotatable bonds is 4. The van der Waals surface area contributed by atoms with E-state index in [4.69, 9.17) is 0 Å². The number of piperidine rings is 1. The van der Waals surface area contributed by atoms with Crippen molar-refractivity contribution in [2.45, 2.75) is 39.7 Å². The summed E-state index contributed by atoms with van der Waals surface area (Å²) >= 11 is 0. The number of fused-ring (bicyclic) bond motifs is 1. The number of benzene rings is 1. The predicted molar refractivity (Wildman–Crippen MR) is 92.2 cm³/mol. The van der Waals surface area contributed by atoms with Gasteiger partial charge in [-0.2, -0.15) is 0 Å². The Morgan fingerprint density at radius 3 is 3.05 bits per heavy atom. The summed E-state index contributed by atoms with van der Waals surface area (Å²) < 4.78 is 0. The molecule has 2 aromatic rings. The third kappa shape index (κ3) is 3.38. The van der Waals surface area contributed by atoms with Crippen LogP contribution in [-0.4, -0.2) is 40.5 Å². The average molecular weight is 298 g/mol. The van der Waals surface area contributed by atoms with Crippen LogP contribution in [0.15, 0.2) is 24.5 Å². The van der Waals surface area contributed by atoms with E-state index in [-0.39, 0.29) is 0 Å². The highest BCUT2D eigenvalue weighted by molar-refractivity contribution is 5.89. The van der Waals surface area contributed by atoms with Gasteiger partial charge in [-0.3, -0.25) is 4.90 Å². The van der Waals surface area contributed by atoms with E-state index >= 15 is 0 Å². The quantitative estimate of drug-likeness (QED) is 0.938. The van der Waals surface area contributed by atoms with Gasteiger partial charge in [0.25, 0.3) is 0 Å². The second-order valence-corrected chi connectivity index (χ2v) is 6.72. The fourth-order valence-corrected chi connectivity index (χ4v) is 3.31. The normalized spacial score (nSPS) is 21.0. The van der Waals surface area contributed by atoms with Crippen molar-refractivity contribution < 1.29 is 0 Å². The van der Waals surface area contributed by atoms with Crippen LogP contribution in [0, 0.1) is 12.8 Å². The standard InChI is InChI=1S/C18H26N4/c1-13-6-7-17-16(9-13)18(21-12-20-17)19-10-15(3)22-8-4-5-14(2)11-22/h6-7,9,12,14-15H,4-5,8,10-11H2,1-3H3,(H,19,20,21). The molecule has 4 nitrogen and oxygen atoms in total. The maximum atomic E-state index is 4.44. The van der Waals surface area contributed by atoms with Gasteiger partial charge in [0, 0.05) is 24.5 Å². The minimum atomic E-state index is 0.526. The SMILES string of the molecule is Cc1ccc2ncnc(NCC(C)N3CCCC(C)C3)c2c1. The van der Waals surface area contributed by atoms with E-state index in [0.717, 1.165) is 29.2 Å². The van der Waals surface area contributed by atoms with E-state index < -0.39 is 0 Å². The molecule has 4 heteroatoms. The first-order valence-corrected chi connectivity index (χ1v) is 8.33. The van der Waals surface area contributed by atoms with Crippen molar-refractivity contribution in [3.63, 3.8) is 0 Å². The zero-order chi connectivity index (χ0) is 15.5. The van der Waals surface area contributed by atoms with Gasteiger partial charge >= 0.3 is 0 Å². The minimum Gasteiger partial charge on any atom is -0.368 e. The monoisotopic (exact) mass is 298 g/mol. The van der Waals surface area contributed by atoms with Crippen LogP contribution >= 0.6 is 0 Å².